The lowest BCUT2D eigenvalue weighted by molar-refractivity contribution is 0.388. The number of methoxy groups -OCH3 is 2. The van der Waals surface area contributed by atoms with E-state index in [1.54, 1.807) is 14.2 Å². The van der Waals surface area contributed by atoms with Gasteiger partial charge in [0, 0.05) is 11.6 Å². The first-order valence-corrected chi connectivity index (χ1v) is 6.45. The van der Waals surface area contributed by atoms with Gasteiger partial charge < -0.3 is 15.2 Å². The van der Waals surface area contributed by atoms with Gasteiger partial charge in [0.25, 0.3) is 0 Å². The molecular formula is C13H21BrClNO2. The normalized spacial score (nSPS) is 11.9. The molecule has 5 heteroatoms. The molecular weight excluding hydrogens is 318 g/mol. The Balaban J connectivity index is 0.00000289. The number of ether oxygens (including phenoxy) is 2. The molecule has 18 heavy (non-hydrogen) atoms. The van der Waals surface area contributed by atoms with Gasteiger partial charge in [-0.1, -0.05) is 13.8 Å². The molecule has 0 spiro atoms. The first kappa shape index (κ1) is 17.6. The lowest BCUT2D eigenvalue weighted by Gasteiger charge is -2.19. The molecule has 1 aromatic rings. The molecule has 0 saturated carbocycles. The van der Waals surface area contributed by atoms with Gasteiger partial charge in [0.2, 0.25) is 0 Å². The molecule has 0 aromatic heterocycles. The average Bonchev–Trinajstić information content (AvgIpc) is 2.27. The minimum atomic E-state index is -0.0352. The van der Waals surface area contributed by atoms with Gasteiger partial charge in [0.05, 0.1) is 18.7 Å². The Bertz CT molecular complexity index is 385. The molecule has 1 atom stereocenters. The molecule has 0 radical (unpaired) electrons. The van der Waals surface area contributed by atoms with Crippen LogP contribution < -0.4 is 15.2 Å². The molecule has 0 saturated heterocycles. The zero-order valence-corrected chi connectivity index (χ0v) is 13.6. The van der Waals surface area contributed by atoms with Crippen LogP contribution in [0.15, 0.2) is 16.6 Å². The number of hydrogen-bond donors (Lipinski definition) is 1. The summed E-state index contributed by atoms with van der Waals surface area (Å²) in [7, 11) is 3.30. The second-order valence-corrected chi connectivity index (χ2v) is 5.32. The number of benzene rings is 1. The highest BCUT2D eigenvalue weighted by atomic mass is 79.9. The highest BCUT2D eigenvalue weighted by molar-refractivity contribution is 9.10. The second kappa shape index (κ2) is 7.87. The van der Waals surface area contributed by atoms with Gasteiger partial charge in [-0.05, 0) is 40.4 Å². The molecule has 0 heterocycles. The van der Waals surface area contributed by atoms with Crippen LogP contribution in [0.4, 0.5) is 0 Å². The summed E-state index contributed by atoms with van der Waals surface area (Å²) in [6.45, 7) is 4.31. The molecule has 1 rings (SSSR count). The van der Waals surface area contributed by atoms with Gasteiger partial charge in [-0.25, -0.2) is 0 Å². The van der Waals surface area contributed by atoms with Crippen LogP contribution in [0, 0.1) is 5.92 Å². The quantitative estimate of drug-likeness (QED) is 0.884. The van der Waals surface area contributed by atoms with E-state index in [1.807, 2.05) is 12.1 Å². The number of nitrogens with two attached hydrogens (primary N) is 1. The SMILES string of the molecule is COc1cc([C@@H](N)CC(C)C)c(OC)cc1Br.Cl. The van der Waals surface area contributed by atoms with Crippen molar-refractivity contribution in [3.63, 3.8) is 0 Å². The lowest BCUT2D eigenvalue weighted by Crippen LogP contribution is -2.14. The lowest BCUT2D eigenvalue weighted by atomic mass is 9.97. The number of halogens is 2. The van der Waals surface area contributed by atoms with E-state index in [2.05, 4.69) is 29.8 Å². The third-order valence-electron chi connectivity index (χ3n) is 2.63. The van der Waals surface area contributed by atoms with Crippen LogP contribution >= 0.6 is 28.3 Å². The average molecular weight is 339 g/mol. The van der Waals surface area contributed by atoms with Crippen molar-refractivity contribution in [3.8, 4) is 11.5 Å². The summed E-state index contributed by atoms with van der Waals surface area (Å²) in [5, 5.41) is 0. The van der Waals surface area contributed by atoms with Gasteiger partial charge in [0.1, 0.15) is 11.5 Å². The van der Waals surface area contributed by atoms with Crippen LogP contribution in [0.25, 0.3) is 0 Å². The largest absolute Gasteiger partial charge is 0.496 e. The minimum absolute atomic E-state index is 0. The van der Waals surface area contributed by atoms with E-state index in [4.69, 9.17) is 15.2 Å². The number of hydrogen-bond acceptors (Lipinski definition) is 3. The summed E-state index contributed by atoms with van der Waals surface area (Å²) >= 11 is 3.44. The molecule has 0 aliphatic carbocycles. The van der Waals surface area contributed by atoms with Crippen LogP contribution in [0.3, 0.4) is 0 Å². The minimum Gasteiger partial charge on any atom is -0.496 e. The molecule has 2 N–H and O–H groups in total. The molecule has 0 fully saturated rings. The van der Waals surface area contributed by atoms with Crippen molar-refractivity contribution in [2.75, 3.05) is 14.2 Å². The van der Waals surface area contributed by atoms with E-state index in [9.17, 15) is 0 Å². The van der Waals surface area contributed by atoms with Crippen molar-refractivity contribution in [2.24, 2.45) is 11.7 Å². The van der Waals surface area contributed by atoms with Crippen molar-refractivity contribution in [1.82, 2.24) is 0 Å². The highest BCUT2D eigenvalue weighted by Crippen LogP contribution is 2.36. The van der Waals surface area contributed by atoms with E-state index < -0.39 is 0 Å². The van der Waals surface area contributed by atoms with Crippen LogP contribution in [0.1, 0.15) is 31.9 Å². The van der Waals surface area contributed by atoms with Crippen LogP contribution in [0.5, 0.6) is 11.5 Å². The molecule has 0 aliphatic rings. The zero-order valence-electron chi connectivity index (χ0n) is 11.2. The van der Waals surface area contributed by atoms with Crippen LogP contribution in [0.2, 0.25) is 0 Å². The van der Waals surface area contributed by atoms with Crippen molar-refractivity contribution in [2.45, 2.75) is 26.3 Å². The van der Waals surface area contributed by atoms with E-state index >= 15 is 0 Å². The molecule has 0 bridgehead atoms. The number of rotatable bonds is 5. The fourth-order valence-electron chi connectivity index (χ4n) is 1.81. The Morgan fingerprint density at radius 1 is 1.17 bits per heavy atom. The Morgan fingerprint density at radius 3 is 2.17 bits per heavy atom. The van der Waals surface area contributed by atoms with Crippen LogP contribution in [-0.4, -0.2) is 14.2 Å². The first-order chi connectivity index (χ1) is 7.99. The molecule has 0 unspecified atom stereocenters. The Kier molecular flexibility index (Phi) is 7.67. The van der Waals surface area contributed by atoms with Crippen molar-refractivity contribution >= 4 is 28.3 Å². The summed E-state index contributed by atoms with van der Waals surface area (Å²) in [4.78, 5) is 0. The fourth-order valence-corrected chi connectivity index (χ4v) is 2.29. The third-order valence-corrected chi connectivity index (χ3v) is 3.25. The van der Waals surface area contributed by atoms with E-state index in [1.165, 1.54) is 0 Å². The first-order valence-electron chi connectivity index (χ1n) is 5.66. The summed E-state index contributed by atoms with van der Waals surface area (Å²) < 4.78 is 11.5. The van der Waals surface area contributed by atoms with Crippen molar-refractivity contribution in [1.29, 1.82) is 0 Å². The van der Waals surface area contributed by atoms with Gasteiger partial charge in [-0.3, -0.25) is 0 Å². The predicted molar refractivity (Wildman–Crippen MR) is 80.9 cm³/mol. The second-order valence-electron chi connectivity index (χ2n) is 4.46. The smallest absolute Gasteiger partial charge is 0.133 e. The molecule has 3 nitrogen and oxygen atoms in total. The van der Waals surface area contributed by atoms with Gasteiger partial charge in [0.15, 0.2) is 0 Å². The maximum absolute atomic E-state index is 6.20. The monoisotopic (exact) mass is 337 g/mol. The van der Waals surface area contributed by atoms with Crippen molar-refractivity contribution in [3.05, 3.63) is 22.2 Å². The zero-order chi connectivity index (χ0) is 13.0. The summed E-state index contributed by atoms with van der Waals surface area (Å²) in [6.07, 6.45) is 0.918. The topological polar surface area (TPSA) is 44.5 Å². The van der Waals surface area contributed by atoms with Crippen molar-refractivity contribution < 1.29 is 9.47 Å². The molecule has 1 aromatic carbocycles. The van der Waals surface area contributed by atoms with E-state index in [0.717, 1.165) is 28.0 Å². The van der Waals surface area contributed by atoms with Gasteiger partial charge >= 0.3 is 0 Å². The summed E-state index contributed by atoms with van der Waals surface area (Å²) in [5.74, 6) is 2.12. The fraction of sp³-hybridized carbons (Fsp3) is 0.538. The maximum atomic E-state index is 6.20. The van der Waals surface area contributed by atoms with E-state index in [0.29, 0.717) is 5.92 Å². The van der Waals surface area contributed by atoms with E-state index in [-0.39, 0.29) is 18.4 Å². The third kappa shape index (κ3) is 4.34. The summed E-state index contributed by atoms with van der Waals surface area (Å²) in [6, 6.07) is 3.80. The molecule has 0 aliphatic heterocycles. The molecule has 0 amide bonds. The Morgan fingerprint density at radius 2 is 1.72 bits per heavy atom. The molecule has 104 valence electrons. The van der Waals surface area contributed by atoms with Crippen LogP contribution in [-0.2, 0) is 0 Å². The standard InChI is InChI=1S/C13H20BrNO2.ClH/c1-8(2)5-11(15)9-6-13(17-4)10(14)7-12(9)16-3;/h6-8,11H,5,15H2,1-4H3;1H/t11-;/m0./s1. The Hall–Kier alpha value is -0.450. The maximum Gasteiger partial charge on any atom is 0.133 e. The highest BCUT2D eigenvalue weighted by Gasteiger charge is 2.16. The Labute approximate surface area is 124 Å². The summed E-state index contributed by atoms with van der Waals surface area (Å²) in [5.41, 5.74) is 7.18. The predicted octanol–water partition coefficient (Wildman–Crippen LogP) is 3.93. The van der Waals surface area contributed by atoms with Gasteiger partial charge in [-0.2, -0.15) is 0 Å². The van der Waals surface area contributed by atoms with Gasteiger partial charge in [-0.15, -0.1) is 12.4 Å².